The van der Waals surface area contributed by atoms with Crippen LogP contribution in [0.25, 0.3) is 0 Å². The molecule has 0 aliphatic carbocycles. The number of halogens is 1. The minimum atomic E-state index is 0. The summed E-state index contributed by atoms with van der Waals surface area (Å²) in [5.41, 5.74) is 0. The molecule has 2 fully saturated rings. The third-order valence-corrected chi connectivity index (χ3v) is 5.90. The normalized spacial score (nSPS) is 24.1. The summed E-state index contributed by atoms with van der Waals surface area (Å²) in [5, 5.41) is 7.68. The average Bonchev–Trinajstić information content (AvgIpc) is 2.96. The van der Waals surface area contributed by atoms with Crippen LogP contribution in [0.3, 0.4) is 0 Å². The van der Waals surface area contributed by atoms with E-state index in [1.165, 1.54) is 64.2 Å². The molecular formula is C16H34IN5S. The summed E-state index contributed by atoms with van der Waals surface area (Å²) in [5.74, 6) is 2.28. The van der Waals surface area contributed by atoms with Crippen molar-refractivity contribution in [3.63, 3.8) is 0 Å². The first kappa shape index (κ1) is 21.3. The maximum atomic E-state index is 4.32. The topological polar surface area (TPSA) is 42.9 Å². The van der Waals surface area contributed by atoms with Gasteiger partial charge in [0, 0.05) is 38.5 Å². The molecular weight excluding hydrogens is 421 g/mol. The third kappa shape index (κ3) is 8.79. The number of aliphatic imine (C=N–C) groups is 1. The molecule has 0 aromatic rings. The van der Waals surface area contributed by atoms with E-state index in [2.05, 4.69) is 44.2 Å². The lowest BCUT2D eigenvalue weighted by molar-refractivity contribution is 0.274. The van der Waals surface area contributed by atoms with Gasteiger partial charge in [-0.05, 0) is 58.1 Å². The first-order valence-electron chi connectivity index (χ1n) is 8.75. The smallest absolute Gasteiger partial charge is 0.191 e. The summed E-state index contributed by atoms with van der Waals surface area (Å²) in [6.07, 6.45) is 5.20. The van der Waals surface area contributed by atoms with Crippen molar-refractivity contribution >= 4 is 41.7 Å². The fraction of sp³-hybridized carbons (Fsp3) is 0.938. The summed E-state index contributed by atoms with van der Waals surface area (Å²) in [7, 11) is 4.09. The highest BCUT2D eigenvalue weighted by Crippen LogP contribution is 2.25. The van der Waals surface area contributed by atoms with Crippen LogP contribution in [0.15, 0.2) is 4.99 Å². The maximum Gasteiger partial charge on any atom is 0.191 e. The maximum absolute atomic E-state index is 4.32. The predicted molar refractivity (Wildman–Crippen MR) is 113 cm³/mol. The molecule has 0 saturated carbocycles. The van der Waals surface area contributed by atoms with Crippen LogP contribution in [0, 0.1) is 0 Å². The molecule has 0 bridgehead atoms. The number of nitrogens with zero attached hydrogens (tertiary/aromatic N) is 3. The third-order valence-electron chi connectivity index (χ3n) is 4.50. The molecule has 2 aliphatic heterocycles. The molecule has 1 unspecified atom stereocenters. The fourth-order valence-electron chi connectivity index (χ4n) is 3.07. The molecule has 0 amide bonds. The van der Waals surface area contributed by atoms with E-state index in [0.717, 1.165) is 24.3 Å². The SMILES string of the molecule is CN=C(NCCCN1CCCN(C)CC1)NCC1CCCS1.I. The van der Waals surface area contributed by atoms with Crippen LogP contribution >= 0.6 is 35.7 Å². The van der Waals surface area contributed by atoms with Gasteiger partial charge in [-0.15, -0.1) is 24.0 Å². The Morgan fingerprint density at radius 3 is 2.78 bits per heavy atom. The number of nitrogens with one attached hydrogen (secondary N) is 2. The summed E-state index contributed by atoms with van der Waals surface area (Å²) in [6.45, 7) is 8.14. The van der Waals surface area contributed by atoms with E-state index in [1.807, 2.05) is 7.05 Å². The molecule has 2 rings (SSSR count). The minimum absolute atomic E-state index is 0. The molecule has 0 aromatic heterocycles. The average molecular weight is 455 g/mol. The van der Waals surface area contributed by atoms with Crippen LogP contribution in [-0.4, -0.2) is 86.7 Å². The van der Waals surface area contributed by atoms with Gasteiger partial charge in [0.1, 0.15) is 0 Å². The monoisotopic (exact) mass is 455 g/mol. The fourth-order valence-corrected chi connectivity index (χ4v) is 4.27. The molecule has 0 radical (unpaired) electrons. The van der Waals surface area contributed by atoms with Gasteiger partial charge in [0.05, 0.1) is 0 Å². The zero-order valence-corrected chi connectivity index (χ0v) is 17.9. The summed E-state index contributed by atoms with van der Waals surface area (Å²) in [6, 6.07) is 0. The quantitative estimate of drug-likeness (QED) is 0.276. The second kappa shape index (κ2) is 12.6. The Kier molecular flexibility index (Phi) is 11.7. The van der Waals surface area contributed by atoms with Gasteiger partial charge in [-0.2, -0.15) is 11.8 Å². The van der Waals surface area contributed by atoms with Gasteiger partial charge in [-0.25, -0.2) is 0 Å². The van der Waals surface area contributed by atoms with Gasteiger partial charge in [0.15, 0.2) is 5.96 Å². The summed E-state index contributed by atoms with van der Waals surface area (Å²) < 4.78 is 0. The second-order valence-corrected chi connectivity index (χ2v) is 7.78. The predicted octanol–water partition coefficient (Wildman–Crippen LogP) is 1.69. The highest BCUT2D eigenvalue weighted by Gasteiger charge is 2.15. The molecule has 5 nitrogen and oxygen atoms in total. The van der Waals surface area contributed by atoms with Crippen LogP contribution in [0.5, 0.6) is 0 Å². The van der Waals surface area contributed by atoms with Gasteiger partial charge in [-0.1, -0.05) is 0 Å². The Hall–Kier alpha value is 0.270. The van der Waals surface area contributed by atoms with E-state index < -0.39 is 0 Å². The van der Waals surface area contributed by atoms with Gasteiger partial charge in [0.25, 0.3) is 0 Å². The molecule has 23 heavy (non-hydrogen) atoms. The van der Waals surface area contributed by atoms with Crippen molar-refractivity contribution in [3.8, 4) is 0 Å². The summed E-state index contributed by atoms with van der Waals surface area (Å²) >= 11 is 2.09. The second-order valence-electron chi connectivity index (χ2n) is 6.37. The molecule has 7 heteroatoms. The van der Waals surface area contributed by atoms with Crippen molar-refractivity contribution in [3.05, 3.63) is 0 Å². The Morgan fingerprint density at radius 2 is 2.04 bits per heavy atom. The molecule has 2 heterocycles. The number of rotatable bonds is 6. The minimum Gasteiger partial charge on any atom is -0.356 e. The lowest BCUT2D eigenvalue weighted by Gasteiger charge is -2.20. The van der Waals surface area contributed by atoms with Gasteiger partial charge < -0.3 is 20.4 Å². The van der Waals surface area contributed by atoms with Crippen molar-refractivity contribution < 1.29 is 0 Å². The lowest BCUT2D eigenvalue weighted by atomic mass is 10.2. The Morgan fingerprint density at radius 1 is 1.17 bits per heavy atom. The van der Waals surface area contributed by atoms with E-state index >= 15 is 0 Å². The number of hydrogen-bond acceptors (Lipinski definition) is 4. The van der Waals surface area contributed by atoms with Crippen LogP contribution in [0.1, 0.15) is 25.7 Å². The van der Waals surface area contributed by atoms with E-state index in [0.29, 0.717) is 0 Å². The zero-order valence-electron chi connectivity index (χ0n) is 14.7. The van der Waals surface area contributed by atoms with Gasteiger partial charge in [0.2, 0.25) is 0 Å². The van der Waals surface area contributed by atoms with Gasteiger partial charge >= 0.3 is 0 Å². The number of likely N-dealkylation sites (N-methyl/N-ethyl adjacent to an activating group) is 1. The van der Waals surface area contributed by atoms with E-state index in [4.69, 9.17) is 0 Å². The lowest BCUT2D eigenvalue weighted by Crippen LogP contribution is -2.41. The molecule has 2 aliphatic rings. The number of guanidine groups is 1. The molecule has 0 aromatic carbocycles. The zero-order chi connectivity index (χ0) is 15.6. The Bertz CT molecular complexity index is 336. The number of hydrogen-bond donors (Lipinski definition) is 2. The van der Waals surface area contributed by atoms with E-state index in [1.54, 1.807) is 0 Å². The molecule has 2 saturated heterocycles. The molecule has 1 atom stereocenters. The van der Waals surface area contributed by atoms with E-state index in [9.17, 15) is 0 Å². The van der Waals surface area contributed by atoms with Crippen LogP contribution in [0.2, 0.25) is 0 Å². The highest BCUT2D eigenvalue weighted by atomic mass is 127. The van der Waals surface area contributed by atoms with Crippen molar-refractivity contribution in [2.45, 2.75) is 30.9 Å². The highest BCUT2D eigenvalue weighted by molar-refractivity contribution is 14.0. The van der Waals surface area contributed by atoms with Crippen molar-refractivity contribution in [2.24, 2.45) is 4.99 Å². The van der Waals surface area contributed by atoms with Crippen molar-refractivity contribution in [2.75, 3.05) is 65.7 Å². The molecule has 0 spiro atoms. The van der Waals surface area contributed by atoms with Crippen LogP contribution in [0.4, 0.5) is 0 Å². The van der Waals surface area contributed by atoms with Crippen LogP contribution in [-0.2, 0) is 0 Å². The Balaban J connectivity index is 0.00000264. The molecule has 2 N–H and O–H groups in total. The van der Waals surface area contributed by atoms with Crippen molar-refractivity contribution in [1.82, 2.24) is 20.4 Å². The summed E-state index contributed by atoms with van der Waals surface area (Å²) in [4.78, 5) is 9.35. The first-order chi connectivity index (χ1) is 10.8. The first-order valence-corrected chi connectivity index (χ1v) is 9.80. The van der Waals surface area contributed by atoms with Crippen LogP contribution < -0.4 is 10.6 Å². The molecule has 136 valence electrons. The standard InChI is InChI=1S/C16H33N5S.HI/c1-17-16(19-14-15-6-3-13-22-15)18-7-4-9-21-10-5-8-20(2)11-12-21;/h15H,3-14H2,1-2H3,(H2,17,18,19);1H. The number of thioether (sulfide) groups is 1. The Labute approximate surface area is 163 Å². The van der Waals surface area contributed by atoms with Crippen molar-refractivity contribution in [1.29, 1.82) is 0 Å². The van der Waals surface area contributed by atoms with E-state index in [-0.39, 0.29) is 24.0 Å². The van der Waals surface area contributed by atoms with Gasteiger partial charge in [-0.3, -0.25) is 4.99 Å². The largest absolute Gasteiger partial charge is 0.356 e.